The number of rotatable bonds is 5. The molecule has 1 unspecified atom stereocenters. The van der Waals surface area contributed by atoms with Crippen molar-refractivity contribution in [2.75, 3.05) is 5.32 Å². The molecule has 5 nitrogen and oxygen atoms in total. The molecular formula is C19H18F3N5. The molecule has 3 N–H and O–H groups in total. The molecule has 0 aliphatic heterocycles. The molecule has 0 bridgehead atoms. The molecule has 140 valence electrons. The zero-order valence-corrected chi connectivity index (χ0v) is 14.5. The summed E-state index contributed by atoms with van der Waals surface area (Å²) in [4.78, 5) is 13.0. The zero-order valence-electron chi connectivity index (χ0n) is 14.5. The number of halogens is 3. The molecule has 27 heavy (non-hydrogen) atoms. The van der Waals surface area contributed by atoms with Gasteiger partial charge in [0.25, 0.3) is 0 Å². The largest absolute Gasteiger partial charge is 0.416 e. The summed E-state index contributed by atoms with van der Waals surface area (Å²) in [6.07, 6.45) is -2.68. The molecule has 3 aromatic rings. The van der Waals surface area contributed by atoms with Crippen molar-refractivity contribution in [1.82, 2.24) is 15.0 Å². The van der Waals surface area contributed by atoms with E-state index >= 15 is 0 Å². The number of hydrogen-bond acceptors (Lipinski definition) is 5. The van der Waals surface area contributed by atoms with Gasteiger partial charge in [-0.05, 0) is 37.3 Å². The van der Waals surface area contributed by atoms with Gasteiger partial charge in [0.05, 0.1) is 28.7 Å². The predicted octanol–water partition coefficient (Wildman–Crippen LogP) is 4.19. The van der Waals surface area contributed by atoms with E-state index < -0.39 is 11.7 Å². The maximum atomic E-state index is 12.8. The fourth-order valence-corrected chi connectivity index (χ4v) is 2.54. The molecule has 0 radical (unpaired) electrons. The second kappa shape index (κ2) is 7.71. The molecule has 8 heteroatoms. The summed E-state index contributed by atoms with van der Waals surface area (Å²) in [6, 6.07) is 11.9. The molecule has 1 atom stereocenters. The zero-order chi connectivity index (χ0) is 19.4. The second-order valence-corrected chi connectivity index (χ2v) is 5.97. The van der Waals surface area contributed by atoms with Crippen molar-refractivity contribution in [2.24, 2.45) is 5.73 Å². The van der Waals surface area contributed by atoms with Crippen LogP contribution in [-0.4, -0.2) is 15.0 Å². The van der Waals surface area contributed by atoms with Crippen molar-refractivity contribution in [3.05, 3.63) is 71.7 Å². The van der Waals surface area contributed by atoms with E-state index in [9.17, 15) is 13.2 Å². The highest BCUT2D eigenvalue weighted by Gasteiger charge is 2.30. The lowest BCUT2D eigenvalue weighted by Crippen LogP contribution is -2.13. The van der Waals surface area contributed by atoms with Crippen molar-refractivity contribution >= 4 is 5.95 Å². The number of anilines is 1. The number of nitrogens with two attached hydrogens (primary N) is 1. The summed E-state index contributed by atoms with van der Waals surface area (Å²) in [5, 5.41) is 3.16. The lowest BCUT2D eigenvalue weighted by Gasteiger charge is -2.15. The highest BCUT2D eigenvalue weighted by Crippen LogP contribution is 2.31. The summed E-state index contributed by atoms with van der Waals surface area (Å²) < 4.78 is 38.3. The molecule has 2 heterocycles. The maximum Gasteiger partial charge on any atom is 0.416 e. The van der Waals surface area contributed by atoms with Crippen molar-refractivity contribution < 1.29 is 13.2 Å². The highest BCUT2D eigenvalue weighted by molar-refractivity contribution is 5.61. The normalized spacial score (nSPS) is 12.6. The Labute approximate surface area is 154 Å². The number of benzene rings is 1. The van der Waals surface area contributed by atoms with E-state index in [-0.39, 0.29) is 12.6 Å². The molecular weight excluding hydrogens is 355 g/mol. The van der Waals surface area contributed by atoms with E-state index in [2.05, 4.69) is 20.3 Å². The Hall–Kier alpha value is -3.00. The van der Waals surface area contributed by atoms with Crippen LogP contribution >= 0.6 is 0 Å². The van der Waals surface area contributed by atoms with E-state index in [4.69, 9.17) is 5.73 Å². The van der Waals surface area contributed by atoms with Gasteiger partial charge in [0.15, 0.2) is 0 Å². The van der Waals surface area contributed by atoms with Crippen molar-refractivity contribution in [2.45, 2.75) is 25.7 Å². The van der Waals surface area contributed by atoms with Gasteiger partial charge in [-0.25, -0.2) is 9.97 Å². The summed E-state index contributed by atoms with van der Waals surface area (Å²) in [7, 11) is 0. The summed E-state index contributed by atoms with van der Waals surface area (Å²) in [5.41, 5.74) is 7.44. The van der Waals surface area contributed by atoms with Crippen molar-refractivity contribution in [3.63, 3.8) is 0 Å². The summed E-state index contributed by atoms with van der Waals surface area (Å²) >= 11 is 0. The van der Waals surface area contributed by atoms with E-state index in [0.717, 1.165) is 17.8 Å². The average Bonchev–Trinajstić information content (AvgIpc) is 2.67. The smallest absolute Gasteiger partial charge is 0.346 e. The van der Waals surface area contributed by atoms with Gasteiger partial charge < -0.3 is 11.1 Å². The first-order chi connectivity index (χ1) is 12.9. The molecule has 0 saturated heterocycles. The van der Waals surface area contributed by atoms with Crippen molar-refractivity contribution in [3.8, 4) is 11.3 Å². The topological polar surface area (TPSA) is 76.7 Å². The van der Waals surface area contributed by atoms with Crippen molar-refractivity contribution in [1.29, 1.82) is 0 Å². The Balaban J connectivity index is 1.89. The molecule has 0 saturated carbocycles. The molecule has 0 fully saturated rings. The third-order valence-electron chi connectivity index (χ3n) is 3.97. The number of aromatic nitrogens is 3. The van der Waals surface area contributed by atoms with Gasteiger partial charge in [-0.2, -0.15) is 13.2 Å². The van der Waals surface area contributed by atoms with Gasteiger partial charge in [-0.1, -0.05) is 18.2 Å². The number of pyridine rings is 1. The second-order valence-electron chi connectivity index (χ2n) is 5.97. The Morgan fingerprint density at radius 2 is 1.81 bits per heavy atom. The fraction of sp³-hybridized carbons (Fsp3) is 0.211. The van der Waals surface area contributed by atoms with E-state index in [1.165, 1.54) is 12.1 Å². The first-order valence-electron chi connectivity index (χ1n) is 8.30. The fourth-order valence-electron chi connectivity index (χ4n) is 2.54. The van der Waals surface area contributed by atoms with Gasteiger partial charge in [0, 0.05) is 18.3 Å². The van der Waals surface area contributed by atoms with Crippen LogP contribution in [0.1, 0.15) is 29.9 Å². The van der Waals surface area contributed by atoms with Gasteiger partial charge in [0.1, 0.15) is 0 Å². The molecule has 0 aliphatic rings. The Kier molecular flexibility index (Phi) is 5.36. The minimum absolute atomic E-state index is 0.153. The SMILES string of the molecule is CC(Nc1nc(CN)cc(-c2ccc(C(F)(F)F)cc2)n1)c1ccccn1. The van der Waals surface area contributed by atoms with Crippen LogP contribution < -0.4 is 11.1 Å². The Morgan fingerprint density at radius 3 is 2.41 bits per heavy atom. The van der Waals surface area contributed by atoms with Crippen LogP contribution in [0.2, 0.25) is 0 Å². The minimum Gasteiger partial charge on any atom is -0.346 e. The number of hydrogen-bond donors (Lipinski definition) is 2. The summed E-state index contributed by atoms with van der Waals surface area (Å²) in [6.45, 7) is 2.10. The molecule has 0 aliphatic carbocycles. The standard InChI is InChI=1S/C19H18F3N5/c1-12(16-4-2-3-9-24-16)25-18-26-15(11-23)10-17(27-18)13-5-7-14(8-6-13)19(20,21)22/h2-10,12H,11,23H2,1H3,(H,25,26,27). The molecule has 3 rings (SSSR count). The molecule has 0 amide bonds. The van der Waals surface area contributed by atoms with E-state index in [0.29, 0.717) is 22.9 Å². The molecule has 0 spiro atoms. The minimum atomic E-state index is -4.38. The Morgan fingerprint density at radius 1 is 1.07 bits per heavy atom. The first-order valence-corrected chi connectivity index (χ1v) is 8.30. The molecule has 2 aromatic heterocycles. The van der Waals surface area contributed by atoms with Gasteiger partial charge >= 0.3 is 6.18 Å². The predicted molar refractivity (Wildman–Crippen MR) is 96.6 cm³/mol. The van der Waals surface area contributed by atoms with E-state index in [1.54, 1.807) is 12.3 Å². The monoisotopic (exact) mass is 373 g/mol. The quantitative estimate of drug-likeness (QED) is 0.701. The van der Waals surface area contributed by atoms with Crippen LogP contribution in [-0.2, 0) is 12.7 Å². The highest BCUT2D eigenvalue weighted by atomic mass is 19.4. The first kappa shape index (κ1) is 18.8. The van der Waals surface area contributed by atoms with Gasteiger partial charge in [0.2, 0.25) is 5.95 Å². The van der Waals surface area contributed by atoms with Crippen LogP contribution in [0.4, 0.5) is 19.1 Å². The molecule has 1 aromatic carbocycles. The van der Waals surface area contributed by atoms with Crippen LogP contribution in [0, 0.1) is 0 Å². The average molecular weight is 373 g/mol. The van der Waals surface area contributed by atoms with Crippen LogP contribution in [0.15, 0.2) is 54.7 Å². The number of nitrogens with one attached hydrogen (secondary N) is 1. The lowest BCUT2D eigenvalue weighted by atomic mass is 10.1. The summed E-state index contributed by atoms with van der Waals surface area (Å²) in [5.74, 6) is 0.339. The van der Waals surface area contributed by atoms with Crippen LogP contribution in [0.5, 0.6) is 0 Å². The third kappa shape index (κ3) is 4.59. The Bertz CT molecular complexity index is 895. The van der Waals surface area contributed by atoms with Gasteiger partial charge in [-0.15, -0.1) is 0 Å². The van der Waals surface area contributed by atoms with E-state index in [1.807, 2.05) is 25.1 Å². The lowest BCUT2D eigenvalue weighted by molar-refractivity contribution is -0.137. The van der Waals surface area contributed by atoms with Gasteiger partial charge in [-0.3, -0.25) is 4.98 Å². The third-order valence-corrected chi connectivity index (χ3v) is 3.97. The maximum absolute atomic E-state index is 12.8. The van der Waals surface area contributed by atoms with Crippen LogP contribution in [0.3, 0.4) is 0 Å². The number of alkyl halides is 3. The van der Waals surface area contributed by atoms with Crippen LogP contribution in [0.25, 0.3) is 11.3 Å². The number of nitrogens with zero attached hydrogens (tertiary/aromatic N) is 3.